The van der Waals surface area contributed by atoms with Crippen molar-refractivity contribution in [2.45, 2.75) is 32.9 Å². The molecular formula is C14H19F2NO4. The first kappa shape index (κ1) is 17.2. The summed E-state index contributed by atoms with van der Waals surface area (Å²) in [6, 6.07) is 2.23. The second kappa shape index (κ2) is 7.21. The summed E-state index contributed by atoms with van der Waals surface area (Å²) >= 11 is 0. The molecule has 0 aliphatic rings. The molecule has 1 rings (SSSR count). The zero-order valence-corrected chi connectivity index (χ0v) is 12.2. The molecule has 0 spiro atoms. The number of aliphatic hydroxyl groups is 1. The van der Waals surface area contributed by atoms with Crippen LogP contribution in [0.1, 0.15) is 26.3 Å². The van der Waals surface area contributed by atoms with Crippen LogP contribution in [0.4, 0.5) is 13.6 Å². The van der Waals surface area contributed by atoms with E-state index in [0.717, 1.165) is 6.07 Å². The Kier molecular flexibility index (Phi) is 5.90. The number of carbonyl (C=O) groups is 1. The molecule has 2 N–H and O–H groups in total. The lowest BCUT2D eigenvalue weighted by Crippen LogP contribution is -2.32. The highest BCUT2D eigenvalue weighted by molar-refractivity contribution is 5.67. The molecule has 0 aromatic heterocycles. The van der Waals surface area contributed by atoms with Crippen molar-refractivity contribution in [3.8, 4) is 5.75 Å². The molecule has 0 heterocycles. The molecule has 118 valence electrons. The van der Waals surface area contributed by atoms with Crippen LogP contribution in [-0.4, -0.2) is 30.0 Å². The molecule has 5 nitrogen and oxygen atoms in total. The minimum absolute atomic E-state index is 0.0904. The Bertz CT molecular complexity index is 500. The number of aliphatic hydroxyl groups excluding tert-OH is 1. The number of ether oxygens (including phenoxy) is 2. The van der Waals surface area contributed by atoms with Gasteiger partial charge in [-0.15, -0.1) is 0 Å². The molecule has 1 aromatic carbocycles. The van der Waals surface area contributed by atoms with Gasteiger partial charge < -0.3 is 19.9 Å². The first-order chi connectivity index (χ1) is 9.74. The SMILES string of the molecule is CC(C)(C)OC(=O)NCc1ccc(F)c(F)c1OCCO. The summed E-state index contributed by atoms with van der Waals surface area (Å²) in [5.41, 5.74) is -0.415. The topological polar surface area (TPSA) is 67.8 Å². The van der Waals surface area contributed by atoms with Gasteiger partial charge in [0.05, 0.1) is 6.61 Å². The van der Waals surface area contributed by atoms with E-state index in [9.17, 15) is 13.6 Å². The highest BCUT2D eigenvalue weighted by Gasteiger charge is 2.18. The summed E-state index contributed by atoms with van der Waals surface area (Å²) in [5, 5.41) is 11.1. The van der Waals surface area contributed by atoms with E-state index in [1.54, 1.807) is 20.8 Å². The quantitative estimate of drug-likeness (QED) is 0.876. The number of carbonyl (C=O) groups excluding carboxylic acids is 1. The van der Waals surface area contributed by atoms with Crippen molar-refractivity contribution in [2.75, 3.05) is 13.2 Å². The number of rotatable bonds is 5. The third kappa shape index (κ3) is 5.55. The van der Waals surface area contributed by atoms with Crippen LogP contribution in [0.25, 0.3) is 0 Å². The first-order valence-corrected chi connectivity index (χ1v) is 6.42. The number of benzene rings is 1. The van der Waals surface area contributed by atoms with E-state index < -0.39 is 23.3 Å². The summed E-state index contributed by atoms with van der Waals surface area (Å²) < 4.78 is 36.8. The zero-order valence-electron chi connectivity index (χ0n) is 12.2. The van der Waals surface area contributed by atoms with E-state index in [4.69, 9.17) is 14.6 Å². The Balaban J connectivity index is 2.78. The standard InChI is InChI=1S/C14H19F2NO4/c1-14(2,3)21-13(19)17-8-9-4-5-10(15)11(16)12(9)20-7-6-18/h4-5,18H,6-8H2,1-3H3,(H,17,19). The molecule has 0 saturated carbocycles. The lowest BCUT2D eigenvalue weighted by atomic mass is 10.2. The van der Waals surface area contributed by atoms with Crippen LogP contribution < -0.4 is 10.1 Å². The smallest absolute Gasteiger partial charge is 0.407 e. The van der Waals surface area contributed by atoms with Crippen LogP contribution in [-0.2, 0) is 11.3 Å². The molecule has 0 aliphatic carbocycles. The maximum atomic E-state index is 13.7. The van der Waals surface area contributed by atoms with Gasteiger partial charge in [0, 0.05) is 12.1 Å². The Labute approximate surface area is 121 Å². The first-order valence-electron chi connectivity index (χ1n) is 6.42. The van der Waals surface area contributed by atoms with Crippen molar-refractivity contribution in [3.05, 3.63) is 29.3 Å². The van der Waals surface area contributed by atoms with Gasteiger partial charge >= 0.3 is 6.09 Å². The fourth-order valence-corrected chi connectivity index (χ4v) is 1.50. The van der Waals surface area contributed by atoms with Crippen molar-refractivity contribution < 1.29 is 28.2 Å². The maximum absolute atomic E-state index is 13.7. The minimum Gasteiger partial charge on any atom is -0.488 e. The average molecular weight is 303 g/mol. The molecule has 1 aromatic rings. The molecule has 0 saturated heterocycles. The van der Waals surface area contributed by atoms with Gasteiger partial charge in [0.2, 0.25) is 5.82 Å². The predicted octanol–water partition coefficient (Wildman–Crippen LogP) is 2.36. The number of alkyl carbamates (subject to hydrolysis) is 1. The van der Waals surface area contributed by atoms with Gasteiger partial charge in [0.15, 0.2) is 11.6 Å². The van der Waals surface area contributed by atoms with E-state index in [-0.39, 0.29) is 31.1 Å². The molecule has 7 heteroatoms. The van der Waals surface area contributed by atoms with Crippen LogP contribution in [0.15, 0.2) is 12.1 Å². The summed E-state index contributed by atoms with van der Waals surface area (Å²) in [6.07, 6.45) is -0.680. The highest BCUT2D eigenvalue weighted by Crippen LogP contribution is 2.25. The molecule has 0 atom stereocenters. The third-order valence-electron chi connectivity index (χ3n) is 2.29. The number of hydrogen-bond acceptors (Lipinski definition) is 4. The van der Waals surface area contributed by atoms with E-state index in [2.05, 4.69) is 5.32 Å². The van der Waals surface area contributed by atoms with Gasteiger partial charge in [0.1, 0.15) is 12.2 Å². The van der Waals surface area contributed by atoms with Crippen molar-refractivity contribution in [2.24, 2.45) is 0 Å². The van der Waals surface area contributed by atoms with Gasteiger partial charge in [-0.25, -0.2) is 9.18 Å². The Morgan fingerprint density at radius 1 is 1.33 bits per heavy atom. The number of nitrogens with one attached hydrogen (secondary N) is 1. The van der Waals surface area contributed by atoms with Crippen LogP contribution in [0.2, 0.25) is 0 Å². The van der Waals surface area contributed by atoms with E-state index >= 15 is 0 Å². The highest BCUT2D eigenvalue weighted by atomic mass is 19.2. The van der Waals surface area contributed by atoms with Crippen LogP contribution in [0.3, 0.4) is 0 Å². The number of amides is 1. The maximum Gasteiger partial charge on any atom is 0.407 e. The Morgan fingerprint density at radius 2 is 2.00 bits per heavy atom. The molecule has 1 amide bonds. The van der Waals surface area contributed by atoms with Gasteiger partial charge in [-0.3, -0.25) is 0 Å². The normalized spacial score (nSPS) is 11.1. The van der Waals surface area contributed by atoms with Crippen molar-refractivity contribution in [3.63, 3.8) is 0 Å². The molecule has 0 unspecified atom stereocenters. The van der Waals surface area contributed by atoms with Gasteiger partial charge in [-0.1, -0.05) is 6.07 Å². The second-order valence-electron chi connectivity index (χ2n) is 5.28. The van der Waals surface area contributed by atoms with Gasteiger partial charge in [-0.2, -0.15) is 4.39 Å². The summed E-state index contributed by atoms with van der Waals surface area (Å²) in [6.45, 7) is 4.52. The lowest BCUT2D eigenvalue weighted by Gasteiger charge is -2.20. The minimum atomic E-state index is -1.16. The van der Waals surface area contributed by atoms with Gasteiger partial charge in [-0.05, 0) is 26.8 Å². The number of hydrogen-bond donors (Lipinski definition) is 2. The van der Waals surface area contributed by atoms with E-state index in [0.29, 0.717) is 0 Å². The second-order valence-corrected chi connectivity index (χ2v) is 5.28. The van der Waals surface area contributed by atoms with Gasteiger partial charge in [0.25, 0.3) is 0 Å². The van der Waals surface area contributed by atoms with Crippen molar-refractivity contribution >= 4 is 6.09 Å². The molecule has 0 bridgehead atoms. The molecule has 0 radical (unpaired) electrons. The summed E-state index contributed by atoms with van der Waals surface area (Å²) in [4.78, 5) is 11.5. The van der Waals surface area contributed by atoms with Crippen LogP contribution >= 0.6 is 0 Å². The lowest BCUT2D eigenvalue weighted by molar-refractivity contribution is 0.0523. The Hall–Kier alpha value is -1.89. The predicted molar refractivity (Wildman–Crippen MR) is 72.0 cm³/mol. The average Bonchev–Trinajstić information content (AvgIpc) is 2.37. The van der Waals surface area contributed by atoms with Crippen molar-refractivity contribution in [1.82, 2.24) is 5.32 Å². The zero-order chi connectivity index (χ0) is 16.0. The fourth-order valence-electron chi connectivity index (χ4n) is 1.50. The molecule has 21 heavy (non-hydrogen) atoms. The van der Waals surface area contributed by atoms with Crippen LogP contribution in [0, 0.1) is 11.6 Å². The largest absolute Gasteiger partial charge is 0.488 e. The van der Waals surface area contributed by atoms with E-state index in [1.165, 1.54) is 6.07 Å². The summed E-state index contributed by atoms with van der Waals surface area (Å²) in [5.74, 6) is -2.56. The summed E-state index contributed by atoms with van der Waals surface area (Å²) in [7, 11) is 0. The van der Waals surface area contributed by atoms with E-state index in [1.807, 2.05) is 0 Å². The monoisotopic (exact) mass is 303 g/mol. The third-order valence-corrected chi connectivity index (χ3v) is 2.29. The van der Waals surface area contributed by atoms with Crippen molar-refractivity contribution in [1.29, 1.82) is 0 Å². The van der Waals surface area contributed by atoms with Crippen LogP contribution in [0.5, 0.6) is 5.75 Å². The number of halogens is 2. The molecule has 0 fully saturated rings. The molecule has 0 aliphatic heterocycles. The fraction of sp³-hybridized carbons (Fsp3) is 0.500. The Morgan fingerprint density at radius 3 is 2.57 bits per heavy atom. The molecular weight excluding hydrogens is 284 g/mol.